The molecule has 2 unspecified atom stereocenters. The highest BCUT2D eigenvalue weighted by atomic mass is 35.5. The van der Waals surface area contributed by atoms with Crippen LogP contribution in [0.25, 0.3) is 0 Å². The van der Waals surface area contributed by atoms with E-state index in [0.29, 0.717) is 12.1 Å². The molecule has 5 nitrogen and oxygen atoms in total. The van der Waals surface area contributed by atoms with E-state index in [1.165, 1.54) is 17.1 Å². The van der Waals surface area contributed by atoms with Crippen molar-refractivity contribution in [3.8, 4) is 0 Å². The van der Waals surface area contributed by atoms with E-state index in [1.807, 2.05) is 13.8 Å². The van der Waals surface area contributed by atoms with Gasteiger partial charge in [-0.1, -0.05) is 0 Å². The summed E-state index contributed by atoms with van der Waals surface area (Å²) in [5.74, 6) is 0. The molecular formula is C12H26ClN3O2S. The quantitative estimate of drug-likeness (QED) is 0.849. The third kappa shape index (κ3) is 3.42. The highest BCUT2D eigenvalue weighted by Gasteiger charge is 2.39. The number of hydrogen-bond acceptors (Lipinski definition) is 3. The summed E-state index contributed by atoms with van der Waals surface area (Å²) in [6.45, 7) is 3.80. The lowest BCUT2D eigenvalue weighted by molar-refractivity contribution is 0.236. The number of piperidine rings is 1. The van der Waals surface area contributed by atoms with Crippen molar-refractivity contribution in [1.82, 2.24) is 13.9 Å². The van der Waals surface area contributed by atoms with E-state index >= 15 is 0 Å². The first kappa shape index (κ1) is 17.2. The van der Waals surface area contributed by atoms with Gasteiger partial charge >= 0.3 is 0 Å². The number of hydrogen-bond donors (Lipinski definition) is 1. The first-order valence-corrected chi connectivity index (χ1v) is 8.19. The van der Waals surface area contributed by atoms with Gasteiger partial charge < -0.3 is 5.32 Å². The number of rotatable bonds is 4. The number of nitrogens with one attached hydrogen (secondary N) is 1. The van der Waals surface area contributed by atoms with Crippen molar-refractivity contribution in [3.63, 3.8) is 0 Å². The molecule has 0 spiro atoms. The lowest BCUT2D eigenvalue weighted by Gasteiger charge is -2.37. The summed E-state index contributed by atoms with van der Waals surface area (Å²) in [5, 5.41) is 3.54. The fourth-order valence-corrected chi connectivity index (χ4v) is 4.47. The minimum Gasteiger partial charge on any atom is -0.311 e. The normalized spacial score (nSPS) is 31.0. The summed E-state index contributed by atoms with van der Waals surface area (Å²) >= 11 is 0. The largest absolute Gasteiger partial charge is 0.311 e. The molecule has 0 aliphatic carbocycles. The minimum absolute atomic E-state index is 0. The molecule has 0 aromatic rings. The Hall–Kier alpha value is 0.120. The summed E-state index contributed by atoms with van der Waals surface area (Å²) in [7, 11) is 0.0667. The maximum atomic E-state index is 12.4. The summed E-state index contributed by atoms with van der Waals surface area (Å²) in [5.41, 5.74) is 0. The van der Waals surface area contributed by atoms with Crippen LogP contribution in [0.1, 0.15) is 39.5 Å². The molecule has 2 atom stereocenters. The summed E-state index contributed by atoms with van der Waals surface area (Å²) in [4.78, 5) is 0. The van der Waals surface area contributed by atoms with Gasteiger partial charge in [0.25, 0.3) is 10.2 Å². The molecular weight excluding hydrogens is 286 g/mol. The Morgan fingerprint density at radius 1 is 1.11 bits per heavy atom. The van der Waals surface area contributed by atoms with Crippen molar-refractivity contribution in [1.29, 1.82) is 0 Å². The molecule has 2 bridgehead atoms. The molecule has 2 aliphatic heterocycles. The van der Waals surface area contributed by atoms with Gasteiger partial charge in [0, 0.05) is 38.3 Å². The number of nitrogens with zero attached hydrogens (tertiary/aromatic N) is 2. The average Bonchev–Trinajstić information content (AvgIpc) is 2.66. The van der Waals surface area contributed by atoms with E-state index in [-0.39, 0.29) is 24.5 Å². The maximum absolute atomic E-state index is 12.4. The van der Waals surface area contributed by atoms with Gasteiger partial charge in [0.2, 0.25) is 0 Å². The Morgan fingerprint density at radius 2 is 1.58 bits per heavy atom. The number of fused-ring (bicyclic) bond motifs is 2. The third-order valence-electron chi connectivity index (χ3n) is 4.42. The predicted octanol–water partition coefficient (Wildman–Crippen LogP) is 1.21. The summed E-state index contributed by atoms with van der Waals surface area (Å²) in [6, 6.07) is 1.16. The molecule has 114 valence electrons. The molecule has 0 saturated carbocycles. The van der Waals surface area contributed by atoms with Crippen molar-refractivity contribution in [3.05, 3.63) is 0 Å². The summed E-state index contributed by atoms with van der Waals surface area (Å²) < 4.78 is 27.9. The van der Waals surface area contributed by atoms with Crippen molar-refractivity contribution < 1.29 is 8.42 Å². The molecule has 2 aliphatic rings. The van der Waals surface area contributed by atoms with Crippen molar-refractivity contribution >= 4 is 22.6 Å². The monoisotopic (exact) mass is 311 g/mol. The van der Waals surface area contributed by atoms with Crippen LogP contribution in [0.15, 0.2) is 0 Å². The molecule has 2 heterocycles. The first-order chi connectivity index (χ1) is 8.32. The van der Waals surface area contributed by atoms with Gasteiger partial charge in [-0.05, 0) is 39.5 Å². The minimum atomic E-state index is -3.32. The van der Waals surface area contributed by atoms with Crippen molar-refractivity contribution in [2.24, 2.45) is 0 Å². The van der Waals surface area contributed by atoms with Gasteiger partial charge in [-0.2, -0.15) is 17.0 Å². The smallest absolute Gasteiger partial charge is 0.281 e. The lowest BCUT2D eigenvalue weighted by atomic mass is 10.0. The molecule has 19 heavy (non-hydrogen) atoms. The van der Waals surface area contributed by atoms with Crippen LogP contribution in [0.5, 0.6) is 0 Å². The zero-order valence-electron chi connectivity index (χ0n) is 12.2. The van der Waals surface area contributed by atoms with Crippen molar-refractivity contribution in [2.75, 3.05) is 14.1 Å². The van der Waals surface area contributed by atoms with Crippen LogP contribution in [-0.4, -0.2) is 55.3 Å². The maximum Gasteiger partial charge on any atom is 0.281 e. The van der Waals surface area contributed by atoms with E-state index in [4.69, 9.17) is 0 Å². The van der Waals surface area contributed by atoms with E-state index in [1.54, 1.807) is 18.4 Å². The molecule has 0 amide bonds. The molecule has 7 heteroatoms. The highest BCUT2D eigenvalue weighted by molar-refractivity contribution is 7.86. The van der Waals surface area contributed by atoms with E-state index in [0.717, 1.165) is 12.8 Å². The van der Waals surface area contributed by atoms with Gasteiger partial charge in [-0.15, -0.1) is 12.4 Å². The van der Waals surface area contributed by atoms with Crippen LogP contribution in [0.3, 0.4) is 0 Å². The lowest BCUT2D eigenvalue weighted by Crippen LogP contribution is -2.52. The Bertz CT molecular complexity index is 390. The zero-order valence-corrected chi connectivity index (χ0v) is 13.8. The van der Waals surface area contributed by atoms with Crippen LogP contribution in [0.2, 0.25) is 0 Å². The van der Waals surface area contributed by atoms with Crippen LogP contribution in [0.4, 0.5) is 0 Å². The van der Waals surface area contributed by atoms with E-state index in [9.17, 15) is 8.42 Å². The average molecular weight is 312 g/mol. The molecule has 1 N–H and O–H groups in total. The molecule has 2 rings (SSSR count). The van der Waals surface area contributed by atoms with Crippen LogP contribution >= 0.6 is 12.4 Å². The zero-order chi connectivity index (χ0) is 13.5. The van der Waals surface area contributed by atoms with Crippen molar-refractivity contribution in [2.45, 2.75) is 63.7 Å². The van der Waals surface area contributed by atoms with Gasteiger partial charge in [-0.3, -0.25) is 0 Å². The second kappa shape index (κ2) is 6.26. The van der Waals surface area contributed by atoms with Gasteiger partial charge in [0.1, 0.15) is 0 Å². The first-order valence-electron chi connectivity index (χ1n) is 6.79. The predicted molar refractivity (Wildman–Crippen MR) is 79.8 cm³/mol. The molecule has 2 fully saturated rings. The molecule has 0 aromatic carbocycles. The SMILES string of the molecule is CC(C)N(C)S(=O)(=O)N(C)C1CC2CCC(C1)N2.Cl. The second-order valence-corrected chi connectivity index (χ2v) is 7.94. The van der Waals surface area contributed by atoms with Crippen LogP contribution in [0, 0.1) is 0 Å². The third-order valence-corrected chi connectivity index (χ3v) is 6.59. The molecule has 2 saturated heterocycles. The molecule has 0 radical (unpaired) electrons. The van der Waals surface area contributed by atoms with E-state index in [2.05, 4.69) is 5.32 Å². The Morgan fingerprint density at radius 3 is 2.00 bits per heavy atom. The van der Waals surface area contributed by atoms with Gasteiger partial charge in [0.15, 0.2) is 0 Å². The Balaban J connectivity index is 0.00000180. The standard InChI is InChI=1S/C12H25N3O2S.ClH/c1-9(2)14(3)18(16,17)15(4)12-7-10-5-6-11(8-12)13-10;/h9-13H,5-8H2,1-4H3;1H. The van der Waals surface area contributed by atoms with Gasteiger partial charge in [-0.25, -0.2) is 0 Å². The van der Waals surface area contributed by atoms with Crippen LogP contribution < -0.4 is 5.32 Å². The molecule has 0 aromatic heterocycles. The van der Waals surface area contributed by atoms with Crippen LogP contribution in [-0.2, 0) is 10.2 Å². The highest BCUT2D eigenvalue weighted by Crippen LogP contribution is 2.30. The second-order valence-electron chi connectivity index (χ2n) is 5.90. The topological polar surface area (TPSA) is 52.7 Å². The number of halogens is 1. The Kier molecular flexibility index (Phi) is 5.66. The Labute approximate surface area is 123 Å². The fraction of sp³-hybridized carbons (Fsp3) is 1.00. The summed E-state index contributed by atoms with van der Waals surface area (Å²) in [6.07, 6.45) is 4.26. The fourth-order valence-electron chi connectivity index (χ4n) is 2.98. The van der Waals surface area contributed by atoms with E-state index < -0.39 is 10.2 Å². The van der Waals surface area contributed by atoms with Gasteiger partial charge in [0.05, 0.1) is 0 Å².